The van der Waals surface area contributed by atoms with Crippen molar-refractivity contribution < 1.29 is 14.3 Å². The maximum atomic E-state index is 12.4. The normalized spacial score (nSPS) is 13.0. The van der Waals surface area contributed by atoms with Crippen LogP contribution in [0.3, 0.4) is 0 Å². The number of nitrogens with one attached hydrogen (secondary N) is 1. The molecule has 192 valence electrons. The first kappa shape index (κ1) is 23.6. The molecule has 0 saturated heterocycles. The summed E-state index contributed by atoms with van der Waals surface area (Å²) in [6.45, 7) is 0.597. The largest absolute Gasteiger partial charge is 0.497 e. The van der Waals surface area contributed by atoms with Crippen molar-refractivity contribution in [1.82, 2.24) is 29.8 Å². The lowest BCUT2D eigenvalue weighted by atomic mass is 10.1. The number of anilines is 2. The summed E-state index contributed by atoms with van der Waals surface area (Å²) in [5.41, 5.74) is 3.02. The van der Waals surface area contributed by atoms with Gasteiger partial charge in [0, 0.05) is 36.7 Å². The van der Waals surface area contributed by atoms with E-state index < -0.39 is 0 Å². The molecule has 1 aromatic carbocycles. The van der Waals surface area contributed by atoms with E-state index >= 15 is 0 Å². The highest BCUT2D eigenvalue weighted by Crippen LogP contribution is 2.33. The SMILES string of the molecule is COc1ccc(CN(C)c2ncc(-c3nc4ccc(OC)cn4n3)c3cc(NC(=O)C4CC4)nnc23)cc1. The molecule has 4 heterocycles. The maximum Gasteiger partial charge on any atom is 0.228 e. The van der Waals surface area contributed by atoms with Crippen LogP contribution >= 0.6 is 0 Å². The maximum absolute atomic E-state index is 12.4. The molecule has 6 rings (SSSR count). The summed E-state index contributed by atoms with van der Waals surface area (Å²) >= 11 is 0. The Hall–Kier alpha value is -4.80. The van der Waals surface area contributed by atoms with E-state index in [9.17, 15) is 4.79 Å². The Morgan fingerprint density at radius 1 is 1.08 bits per heavy atom. The Labute approximate surface area is 218 Å². The number of benzene rings is 1. The molecule has 38 heavy (non-hydrogen) atoms. The number of nitrogens with zero attached hydrogens (tertiary/aromatic N) is 7. The van der Waals surface area contributed by atoms with Gasteiger partial charge in [0.05, 0.1) is 20.4 Å². The molecule has 0 spiro atoms. The third-order valence-corrected chi connectivity index (χ3v) is 6.53. The number of fused-ring (bicyclic) bond motifs is 2. The molecule has 11 nitrogen and oxygen atoms in total. The molecule has 0 radical (unpaired) electrons. The molecular formula is C27H26N8O3. The molecule has 1 fully saturated rings. The molecule has 0 bridgehead atoms. The van der Waals surface area contributed by atoms with Gasteiger partial charge in [-0.15, -0.1) is 15.3 Å². The highest BCUT2D eigenvalue weighted by atomic mass is 16.5. The first-order valence-corrected chi connectivity index (χ1v) is 12.2. The molecule has 11 heteroatoms. The lowest BCUT2D eigenvalue weighted by Gasteiger charge is -2.20. The Morgan fingerprint density at radius 2 is 1.84 bits per heavy atom. The number of rotatable bonds is 8. The standard InChI is InChI=1S/C27H26N8O3/c1-34(14-16-4-8-18(37-2)9-5-16)26-24-20(12-22(31-32-24)29-27(36)17-6-7-17)21(13-28-26)25-30-23-11-10-19(38-3)15-35(23)33-25/h4-5,8-13,15,17H,6-7,14H2,1-3H3,(H,29,31,36). The summed E-state index contributed by atoms with van der Waals surface area (Å²) in [5, 5.41) is 17.1. The van der Waals surface area contributed by atoms with Gasteiger partial charge < -0.3 is 19.7 Å². The van der Waals surface area contributed by atoms with Crippen LogP contribution in [0, 0.1) is 5.92 Å². The van der Waals surface area contributed by atoms with Gasteiger partial charge in [-0.2, -0.15) is 0 Å². The number of ether oxygens (including phenoxy) is 2. The molecular weight excluding hydrogens is 484 g/mol. The fourth-order valence-electron chi connectivity index (χ4n) is 4.29. The van der Waals surface area contributed by atoms with E-state index in [1.807, 2.05) is 54.4 Å². The summed E-state index contributed by atoms with van der Waals surface area (Å²) in [6.07, 6.45) is 5.30. The van der Waals surface area contributed by atoms with Crippen molar-refractivity contribution in [3.05, 3.63) is 60.4 Å². The monoisotopic (exact) mass is 510 g/mol. The lowest BCUT2D eigenvalue weighted by Crippen LogP contribution is -2.19. The number of aromatic nitrogens is 6. The molecule has 0 aliphatic heterocycles. The van der Waals surface area contributed by atoms with Gasteiger partial charge in [0.15, 0.2) is 23.1 Å². The second-order valence-electron chi connectivity index (χ2n) is 9.26. The van der Waals surface area contributed by atoms with Crippen LogP contribution < -0.4 is 19.7 Å². The summed E-state index contributed by atoms with van der Waals surface area (Å²) < 4.78 is 12.2. The molecule has 1 amide bonds. The summed E-state index contributed by atoms with van der Waals surface area (Å²) in [4.78, 5) is 23.9. The molecule has 5 aromatic rings. The van der Waals surface area contributed by atoms with Crippen LogP contribution in [-0.2, 0) is 11.3 Å². The predicted molar refractivity (Wildman–Crippen MR) is 142 cm³/mol. The Balaban J connectivity index is 1.42. The van der Waals surface area contributed by atoms with Crippen LogP contribution in [-0.4, -0.2) is 57.0 Å². The predicted octanol–water partition coefficient (Wildman–Crippen LogP) is 3.74. The van der Waals surface area contributed by atoms with Crippen molar-refractivity contribution in [3.8, 4) is 22.9 Å². The van der Waals surface area contributed by atoms with Crippen molar-refractivity contribution >= 4 is 34.1 Å². The van der Waals surface area contributed by atoms with Gasteiger partial charge in [-0.25, -0.2) is 14.5 Å². The second-order valence-corrected chi connectivity index (χ2v) is 9.26. The van der Waals surface area contributed by atoms with Crippen LogP contribution in [0.4, 0.5) is 11.6 Å². The molecule has 0 unspecified atom stereocenters. The van der Waals surface area contributed by atoms with Crippen molar-refractivity contribution in [2.24, 2.45) is 5.92 Å². The molecule has 4 aromatic heterocycles. The van der Waals surface area contributed by atoms with Crippen molar-refractivity contribution in [2.75, 3.05) is 31.5 Å². The van der Waals surface area contributed by atoms with Crippen molar-refractivity contribution in [3.63, 3.8) is 0 Å². The number of carbonyl (C=O) groups is 1. The van der Waals surface area contributed by atoms with E-state index in [2.05, 4.69) is 20.6 Å². The van der Waals surface area contributed by atoms with Gasteiger partial charge in [0.1, 0.15) is 17.0 Å². The lowest BCUT2D eigenvalue weighted by molar-refractivity contribution is -0.117. The zero-order valence-corrected chi connectivity index (χ0v) is 21.3. The van der Waals surface area contributed by atoms with E-state index in [4.69, 9.17) is 19.4 Å². The smallest absolute Gasteiger partial charge is 0.228 e. The van der Waals surface area contributed by atoms with Crippen LogP contribution in [0.1, 0.15) is 18.4 Å². The van der Waals surface area contributed by atoms with E-state index in [-0.39, 0.29) is 11.8 Å². The van der Waals surface area contributed by atoms with E-state index in [1.54, 1.807) is 31.1 Å². The highest BCUT2D eigenvalue weighted by molar-refractivity contribution is 6.01. The molecule has 1 N–H and O–H groups in total. The fraction of sp³-hybridized carbons (Fsp3) is 0.259. The quantitative estimate of drug-likeness (QED) is 0.333. The topological polar surface area (TPSA) is 120 Å². The minimum atomic E-state index is -0.0379. The molecule has 1 aliphatic carbocycles. The van der Waals surface area contributed by atoms with Gasteiger partial charge in [0.25, 0.3) is 0 Å². The zero-order valence-electron chi connectivity index (χ0n) is 21.3. The fourth-order valence-corrected chi connectivity index (χ4v) is 4.29. The van der Waals surface area contributed by atoms with E-state index in [0.29, 0.717) is 46.5 Å². The number of carbonyl (C=O) groups excluding carboxylic acids is 1. The van der Waals surface area contributed by atoms with Crippen LogP contribution in [0.25, 0.3) is 27.9 Å². The molecule has 0 atom stereocenters. The van der Waals surface area contributed by atoms with Crippen LogP contribution in [0.5, 0.6) is 11.5 Å². The van der Waals surface area contributed by atoms with Gasteiger partial charge in [-0.05, 0) is 48.7 Å². The van der Waals surface area contributed by atoms with E-state index in [0.717, 1.165) is 29.5 Å². The number of hydrogen-bond donors (Lipinski definition) is 1. The zero-order chi connectivity index (χ0) is 26.2. The minimum absolute atomic E-state index is 0.0379. The van der Waals surface area contributed by atoms with Gasteiger partial charge in [0.2, 0.25) is 5.91 Å². The number of hydrogen-bond acceptors (Lipinski definition) is 9. The number of methoxy groups -OCH3 is 2. The molecule has 1 saturated carbocycles. The van der Waals surface area contributed by atoms with Gasteiger partial charge >= 0.3 is 0 Å². The minimum Gasteiger partial charge on any atom is -0.497 e. The van der Waals surface area contributed by atoms with Crippen molar-refractivity contribution in [1.29, 1.82) is 0 Å². The second kappa shape index (κ2) is 9.58. The number of pyridine rings is 2. The first-order chi connectivity index (χ1) is 18.5. The third-order valence-electron chi connectivity index (χ3n) is 6.53. The van der Waals surface area contributed by atoms with Gasteiger partial charge in [-0.1, -0.05) is 12.1 Å². The van der Waals surface area contributed by atoms with Crippen molar-refractivity contribution in [2.45, 2.75) is 19.4 Å². The third kappa shape index (κ3) is 4.54. The van der Waals surface area contributed by atoms with Crippen LogP contribution in [0.15, 0.2) is 54.9 Å². The van der Waals surface area contributed by atoms with E-state index in [1.165, 1.54) is 0 Å². The highest BCUT2D eigenvalue weighted by Gasteiger charge is 2.30. The first-order valence-electron chi connectivity index (χ1n) is 12.2. The summed E-state index contributed by atoms with van der Waals surface area (Å²) in [5.74, 6) is 2.99. The summed E-state index contributed by atoms with van der Waals surface area (Å²) in [6, 6.07) is 13.4. The average molecular weight is 511 g/mol. The Bertz CT molecular complexity index is 1650. The Kier molecular flexibility index (Phi) is 5.95. The average Bonchev–Trinajstić information content (AvgIpc) is 3.71. The van der Waals surface area contributed by atoms with Crippen LogP contribution in [0.2, 0.25) is 0 Å². The number of amides is 1. The Morgan fingerprint density at radius 3 is 2.58 bits per heavy atom. The van der Waals surface area contributed by atoms with Gasteiger partial charge in [-0.3, -0.25) is 4.79 Å². The molecule has 1 aliphatic rings. The summed E-state index contributed by atoms with van der Waals surface area (Å²) in [7, 11) is 5.20.